The van der Waals surface area contributed by atoms with Gasteiger partial charge in [-0.15, -0.1) is 0 Å². The van der Waals surface area contributed by atoms with Crippen LogP contribution in [0.15, 0.2) is 12.2 Å². The summed E-state index contributed by atoms with van der Waals surface area (Å²) in [7, 11) is 0. The molecule has 0 aliphatic carbocycles. The van der Waals surface area contributed by atoms with Crippen LogP contribution < -0.4 is 0 Å². The van der Waals surface area contributed by atoms with Crippen molar-refractivity contribution in [3.8, 4) is 0 Å². The van der Waals surface area contributed by atoms with Gasteiger partial charge in [-0.2, -0.15) is 0 Å². The summed E-state index contributed by atoms with van der Waals surface area (Å²) in [6.07, 6.45) is 30.7. The predicted octanol–water partition coefficient (Wildman–Crippen LogP) is 8.91. The van der Waals surface area contributed by atoms with Gasteiger partial charge in [0.25, 0.3) is 0 Å². The normalized spacial score (nSPS) is 14.6. The van der Waals surface area contributed by atoms with E-state index in [1.165, 1.54) is 77.0 Å². The second-order valence-corrected chi connectivity index (χ2v) is 12.8. The van der Waals surface area contributed by atoms with Crippen LogP contribution in [0.25, 0.3) is 0 Å². The minimum atomic E-state index is -2.92. The number of hydrogen-bond donors (Lipinski definition) is 3. The van der Waals surface area contributed by atoms with E-state index in [1.54, 1.807) is 0 Å². The van der Waals surface area contributed by atoms with Crippen molar-refractivity contribution in [1.82, 2.24) is 0 Å². The monoisotopic (exact) mass is 609 g/mol. The van der Waals surface area contributed by atoms with Crippen LogP contribution in [0, 0.1) is 0 Å². The maximum atomic E-state index is 13.0. The molecule has 0 aliphatic rings. The molecule has 0 aromatic rings. The molecule has 2 unspecified atom stereocenters. The van der Waals surface area contributed by atoms with Crippen molar-refractivity contribution >= 4 is 17.3 Å². The van der Waals surface area contributed by atoms with Gasteiger partial charge < -0.3 is 15.3 Å². The number of carbonyl (C=O) groups is 3. The number of unbranched alkanes of at least 4 members (excludes halogenated alkanes) is 21. The number of rotatable bonds is 32. The fraction of sp³-hybridized carbons (Fsp3) is 0.865. The summed E-state index contributed by atoms with van der Waals surface area (Å²) in [5.74, 6) is -2.74. The lowest BCUT2D eigenvalue weighted by Crippen LogP contribution is -2.69. The van der Waals surface area contributed by atoms with Crippen LogP contribution in [0.5, 0.6) is 0 Å². The zero-order valence-electron chi connectivity index (χ0n) is 28.3. The summed E-state index contributed by atoms with van der Waals surface area (Å²) in [6.45, 7) is 4.27. The van der Waals surface area contributed by atoms with Crippen LogP contribution in [0.2, 0.25) is 0 Å². The van der Waals surface area contributed by atoms with E-state index in [-0.39, 0.29) is 12.8 Å². The summed E-state index contributed by atoms with van der Waals surface area (Å²) < 4.78 is 0. The second kappa shape index (κ2) is 27.0. The molecule has 0 fully saturated rings. The van der Waals surface area contributed by atoms with Crippen molar-refractivity contribution in [3.63, 3.8) is 0 Å². The molecule has 0 spiro atoms. The maximum absolute atomic E-state index is 13.0. The number of Topliss-reactive ketones (excluding diaryl/α,β-unsaturated/α-hetero) is 3. The lowest BCUT2D eigenvalue weighted by Gasteiger charge is -2.38. The molecule has 0 aliphatic heterocycles. The van der Waals surface area contributed by atoms with Crippen molar-refractivity contribution in [1.29, 1.82) is 0 Å². The Hall–Kier alpha value is -1.37. The molecule has 6 heteroatoms. The van der Waals surface area contributed by atoms with E-state index in [0.717, 1.165) is 71.1 Å². The van der Waals surface area contributed by atoms with Gasteiger partial charge >= 0.3 is 0 Å². The first-order valence-electron chi connectivity index (χ1n) is 18.0. The van der Waals surface area contributed by atoms with E-state index in [9.17, 15) is 29.7 Å². The number of ketones is 3. The van der Waals surface area contributed by atoms with E-state index in [2.05, 4.69) is 26.0 Å². The average molecular weight is 609 g/mol. The molecule has 0 aromatic heterocycles. The van der Waals surface area contributed by atoms with Crippen molar-refractivity contribution in [2.24, 2.45) is 0 Å². The Labute approximate surface area is 264 Å². The molecule has 0 heterocycles. The van der Waals surface area contributed by atoms with Crippen LogP contribution in [-0.4, -0.2) is 50.5 Å². The molecule has 0 amide bonds. The summed E-state index contributed by atoms with van der Waals surface area (Å²) in [6, 6.07) is 0. The second-order valence-electron chi connectivity index (χ2n) is 12.8. The number of aliphatic hydroxyl groups is 3. The van der Waals surface area contributed by atoms with Crippen molar-refractivity contribution in [2.75, 3.05) is 6.61 Å². The Bertz CT molecular complexity index is 747. The average Bonchev–Trinajstić information content (AvgIpc) is 3.00. The molecule has 43 heavy (non-hydrogen) atoms. The highest BCUT2D eigenvalue weighted by molar-refractivity contribution is 6.15. The molecule has 0 radical (unpaired) electrons. The fourth-order valence-electron chi connectivity index (χ4n) is 5.82. The first-order chi connectivity index (χ1) is 20.7. The Morgan fingerprint density at radius 2 is 0.837 bits per heavy atom. The van der Waals surface area contributed by atoms with Crippen molar-refractivity contribution in [2.45, 2.75) is 199 Å². The zero-order valence-corrected chi connectivity index (χ0v) is 28.3. The molecule has 0 saturated heterocycles. The van der Waals surface area contributed by atoms with Crippen LogP contribution in [0.1, 0.15) is 188 Å². The molecule has 0 rings (SSSR count). The standard InChI is InChI=1S/C37H68O6/c1-4-6-8-10-12-14-16-18-20-22-24-26-28-30-34(40)36(42,32-38)37(43,33(3)39)35(41)31-29-27-25-23-21-19-17-15-13-11-9-7-5-2/h15,17,38,42-43H,4-14,16,18-32H2,1-3H3/b17-15-. The third kappa shape index (κ3) is 17.6. The number of hydrogen-bond acceptors (Lipinski definition) is 6. The Morgan fingerprint density at radius 1 is 0.512 bits per heavy atom. The highest BCUT2D eigenvalue weighted by atomic mass is 16.4. The summed E-state index contributed by atoms with van der Waals surface area (Å²) in [5, 5.41) is 32.1. The Morgan fingerprint density at radius 3 is 1.21 bits per heavy atom. The first kappa shape index (κ1) is 41.6. The molecular formula is C37H68O6. The van der Waals surface area contributed by atoms with Crippen LogP contribution in [0.3, 0.4) is 0 Å². The number of aliphatic hydroxyl groups excluding tert-OH is 1. The molecule has 2 atom stereocenters. The summed E-state index contributed by atoms with van der Waals surface area (Å²) in [5.41, 5.74) is -5.73. The maximum Gasteiger partial charge on any atom is 0.219 e. The Kier molecular flexibility index (Phi) is 26.1. The fourth-order valence-corrected chi connectivity index (χ4v) is 5.82. The minimum absolute atomic E-state index is 0.0924. The lowest BCUT2D eigenvalue weighted by molar-refractivity contribution is -0.193. The lowest BCUT2D eigenvalue weighted by atomic mass is 9.72. The van der Waals surface area contributed by atoms with Gasteiger partial charge in [0, 0.05) is 12.8 Å². The third-order valence-corrected chi connectivity index (χ3v) is 8.87. The minimum Gasteiger partial charge on any atom is -0.393 e. The van der Waals surface area contributed by atoms with Crippen molar-refractivity contribution in [3.05, 3.63) is 12.2 Å². The highest BCUT2D eigenvalue weighted by Crippen LogP contribution is 2.30. The van der Waals surface area contributed by atoms with Crippen LogP contribution >= 0.6 is 0 Å². The number of carbonyl (C=O) groups excluding carboxylic acids is 3. The van der Waals surface area contributed by atoms with Gasteiger partial charge in [-0.05, 0) is 45.4 Å². The first-order valence-corrected chi connectivity index (χ1v) is 18.0. The third-order valence-electron chi connectivity index (χ3n) is 8.87. The topological polar surface area (TPSA) is 112 Å². The summed E-state index contributed by atoms with van der Waals surface area (Å²) >= 11 is 0. The molecule has 3 N–H and O–H groups in total. The zero-order chi connectivity index (χ0) is 32.2. The van der Waals surface area contributed by atoms with E-state index in [1.807, 2.05) is 0 Å². The van der Waals surface area contributed by atoms with Crippen molar-refractivity contribution < 1.29 is 29.7 Å². The summed E-state index contributed by atoms with van der Waals surface area (Å²) in [4.78, 5) is 38.4. The van der Waals surface area contributed by atoms with Gasteiger partial charge in [0.1, 0.15) is 0 Å². The molecule has 0 aromatic carbocycles. The van der Waals surface area contributed by atoms with E-state index >= 15 is 0 Å². The SMILES string of the molecule is CCCCCC/C=C\CCCCCCCC(=O)C(O)(C(C)=O)C(O)(CO)C(=O)CCCCCCCCCCCCCCC. The van der Waals surface area contributed by atoms with Crippen LogP contribution in [0.4, 0.5) is 0 Å². The quantitative estimate of drug-likeness (QED) is 0.0399. The van der Waals surface area contributed by atoms with Gasteiger partial charge in [-0.25, -0.2) is 0 Å². The smallest absolute Gasteiger partial charge is 0.219 e. The molecule has 6 nitrogen and oxygen atoms in total. The molecule has 252 valence electrons. The Balaban J connectivity index is 4.37. The molecule has 0 bridgehead atoms. The largest absolute Gasteiger partial charge is 0.393 e. The van der Waals surface area contributed by atoms with Gasteiger partial charge in [0.15, 0.2) is 23.0 Å². The van der Waals surface area contributed by atoms with Crippen LogP contribution in [-0.2, 0) is 14.4 Å². The van der Waals surface area contributed by atoms with E-state index in [0.29, 0.717) is 12.8 Å². The number of allylic oxidation sites excluding steroid dienone is 2. The van der Waals surface area contributed by atoms with Gasteiger partial charge in [-0.3, -0.25) is 14.4 Å². The van der Waals surface area contributed by atoms with Gasteiger partial charge in [0.2, 0.25) is 5.60 Å². The van der Waals surface area contributed by atoms with Gasteiger partial charge in [-0.1, -0.05) is 142 Å². The molecule has 0 saturated carbocycles. The highest BCUT2D eigenvalue weighted by Gasteiger charge is 2.61. The van der Waals surface area contributed by atoms with E-state index < -0.39 is 35.2 Å². The molecular weight excluding hydrogens is 540 g/mol. The van der Waals surface area contributed by atoms with E-state index in [4.69, 9.17) is 0 Å². The van der Waals surface area contributed by atoms with Gasteiger partial charge in [0.05, 0.1) is 6.61 Å². The predicted molar refractivity (Wildman–Crippen MR) is 178 cm³/mol.